The van der Waals surface area contributed by atoms with Crippen LogP contribution >= 0.6 is 0 Å². The molecule has 2 aliphatic heterocycles. The van der Waals surface area contributed by atoms with Gasteiger partial charge in [0, 0.05) is 11.8 Å². The van der Waals surface area contributed by atoms with Gasteiger partial charge in [-0.3, -0.25) is 4.79 Å². The lowest BCUT2D eigenvalue weighted by Gasteiger charge is -2.30. The number of halogens is 6. The lowest BCUT2D eigenvalue weighted by atomic mass is 9.73. The van der Waals surface area contributed by atoms with Crippen molar-refractivity contribution in [3.05, 3.63) is 64.7 Å². The van der Waals surface area contributed by atoms with Gasteiger partial charge in [-0.1, -0.05) is 18.2 Å². The standard InChI is InChI=1S/C23H16F6N2O3/c24-22(25,26)13-3-1-2-12(6-13)20-10-21(20,17-8-16(32)18(20)34-17)19(33)31-15-7-14(23(27,28)29)5-4-11(15)9-30/h1-7,16-18,32H,8,10H2,(H,31,33). The van der Waals surface area contributed by atoms with E-state index in [2.05, 4.69) is 5.32 Å². The van der Waals surface area contributed by atoms with Crippen LogP contribution in [0.25, 0.3) is 0 Å². The number of carbonyl (C=O) groups excluding carboxylic acids is 1. The van der Waals surface area contributed by atoms with Crippen LogP contribution in [0.5, 0.6) is 0 Å². The molecule has 11 heteroatoms. The molecule has 0 aromatic heterocycles. The van der Waals surface area contributed by atoms with Gasteiger partial charge in [0.25, 0.3) is 0 Å². The number of aliphatic hydroxyl groups is 1. The van der Waals surface area contributed by atoms with Gasteiger partial charge in [0.1, 0.15) is 6.07 Å². The average Bonchev–Trinajstić information content (AvgIpc) is 3.25. The summed E-state index contributed by atoms with van der Waals surface area (Å²) in [7, 11) is 0. The maximum absolute atomic E-state index is 13.5. The molecule has 178 valence electrons. The van der Waals surface area contributed by atoms with Gasteiger partial charge in [0.2, 0.25) is 5.91 Å². The third-order valence-corrected chi connectivity index (χ3v) is 7.21. The van der Waals surface area contributed by atoms with Crippen LogP contribution in [0.3, 0.4) is 0 Å². The number of aliphatic hydroxyl groups excluding tert-OH is 1. The summed E-state index contributed by atoms with van der Waals surface area (Å²) in [6.07, 6.45) is -12.0. The number of alkyl halides is 6. The Morgan fingerprint density at radius 2 is 1.76 bits per heavy atom. The summed E-state index contributed by atoms with van der Waals surface area (Å²) in [5.41, 5.74) is -5.05. The molecule has 5 rings (SSSR count). The van der Waals surface area contributed by atoms with E-state index in [4.69, 9.17) is 4.74 Å². The molecule has 2 heterocycles. The van der Waals surface area contributed by atoms with Crippen LogP contribution in [-0.2, 0) is 27.3 Å². The summed E-state index contributed by atoms with van der Waals surface area (Å²) >= 11 is 0. The van der Waals surface area contributed by atoms with Crippen LogP contribution in [-0.4, -0.2) is 29.3 Å². The van der Waals surface area contributed by atoms with Gasteiger partial charge in [-0.2, -0.15) is 31.6 Å². The highest BCUT2D eigenvalue weighted by molar-refractivity contribution is 6.02. The van der Waals surface area contributed by atoms with E-state index < -0.39 is 58.5 Å². The van der Waals surface area contributed by atoms with Gasteiger partial charge in [0.05, 0.1) is 46.1 Å². The lowest BCUT2D eigenvalue weighted by molar-refractivity contribution is -0.138. The lowest BCUT2D eigenvalue weighted by Crippen LogP contribution is -2.44. The molecule has 3 fully saturated rings. The number of ether oxygens (including phenoxy) is 1. The third-order valence-electron chi connectivity index (χ3n) is 7.21. The first-order chi connectivity index (χ1) is 15.8. The zero-order valence-corrected chi connectivity index (χ0v) is 17.2. The summed E-state index contributed by atoms with van der Waals surface area (Å²) in [6.45, 7) is 0. The van der Waals surface area contributed by atoms with Crippen LogP contribution < -0.4 is 5.32 Å². The van der Waals surface area contributed by atoms with E-state index in [0.29, 0.717) is 12.1 Å². The topological polar surface area (TPSA) is 82.4 Å². The molecule has 1 aliphatic carbocycles. The third kappa shape index (κ3) is 2.98. The normalized spacial score (nSPS) is 31.6. The number of nitrogens with zero attached hydrogens (tertiary/aromatic N) is 1. The zero-order valence-electron chi connectivity index (χ0n) is 17.2. The second kappa shape index (κ2) is 6.96. The van der Waals surface area contributed by atoms with Crippen molar-refractivity contribution in [2.24, 2.45) is 5.41 Å². The molecule has 2 aromatic carbocycles. The number of nitrogens with one attached hydrogen (secondary N) is 1. The number of hydrogen-bond acceptors (Lipinski definition) is 4. The second-order valence-corrected chi connectivity index (χ2v) is 8.87. The van der Waals surface area contributed by atoms with Crippen LogP contribution in [0.4, 0.5) is 32.0 Å². The molecule has 2 saturated heterocycles. The number of rotatable bonds is 3. The number of anilines is 1. The molecule has 0 spiro atoms. The first-order valence-corrected chi connectivity index (χ1v) is 10.3. The number of carbonyl (C=O) groups is 1. The van der Waals surface area contributed by atoms with E-state index in [1.807, 2.05) is 0 Å². The smallest absolute Gasteiger partial charge is 0.390 e. The summed E-state index contributed by atoms with van der Waals surface area (Å²) in [5.74, 6) is -0.764. The molecule has 3 aliphatic rings. The minimum atomic E-state index is -4.72. The fourth-order valence-electron chi connectivity index (χ4n) is 5.66. The molecule has 1 saturated carbocycles. The molecule has 2 bridgehead atoms. The number of fused-ring (bicyclic) bond motifs is 5. The highest BCUT2D eigenvalue weighted by Gasteiger charge is 2.87. The number of nitriles is 1. The Morgan fingerprint density at radius 1 is 1.09 bits per heavy atom. The van der Waals surface area contributed by atoms with Crippen LogP contribution in [0.2, 0.25) is 0 Å². The maximum Gasteiger partial charge on any atom is 0.416 e. The van der Waals surface area contributed by atoms with Crippen LogP contribution in [0, 0.1) is 16.7 Å². The Labute approximate surface area is 188 Å². The van der Waals surface area contributed by atoms with E-state index in [1.54, 1.807) is 6.07 Å². The van der Waals surface area contributed by atoms with E-state index >= 15 is 0 Å². The predicted octanol–water partition coefficient (Wildman–Crippen LogP) is 4.39. The highest BCUT2D eigenvalue weighted by Crippen LogP contribution is 2.78. The van der Waals surface area contributed by atoms with Gasteiger partial charge < -0.3 is 15.2 Å². The second-order valence-electron chi connectivity index (χ2n) is 8.87. The number of hydrogen-bond donors (Lipinski definition) is 2. The van der Waals surface area contributed by atoms with Gasteiger partial charge in [-0.05, 0) is 36.2 Å². The Bertz CT molecular complexity index is 1240. The van der Waals surface area contributed by atoms with Crippen molar-refractivity contribution in [2.45, 2.75) is 48.9 Å². The molecule has 0 radical (unpaired) electrons. The summed E-state index contributed by atoms with van der Waals surface area (Å²) < 4.78 is 85.3. The molecule has 2 aromatic rings. The zero-order chi connectivity index (χ0) is 24.7. The number of benzene rings is 2. The highest BCUT2D eigenvalue weighted by atomic mass is 19.4. The summed E-state index contributed by atoms with van der Waals surface area (Å²) in [4.78, 5) is 13.5. The fourth-order valence-corrected chi connectivity index (χ4v) is 5.66. The molecule has 5 atom stereocenters. The van der Waals surface area contributed by atoms with Gasteiger partial charge >= 0.3 is 12.4 Å². The molecule has 1 amide bonds. The van der Waals surface area contributed by atoms with E-state index in [0.717, 1.165) is 18.2 Å². The van der Waals surface area contributed by atoms with E-state index in [-0.39, 0.29) is 29.7 Å². The van der Waals surface area contributed by atoms with Gasteiger partial charge in [-0.15, -0.1) is 0 Å². The quantitative estimate of drug-likeness (QED) is 0.636. The van der Waals surface area contributed by atoms with Gasteiger partial charge in [0.15, 0.2) is 0 Å². The molecule has 5 nitrogen and oxygen atoms in total. The Hall–Kier alpha value is -3.10. The van der Waals surface area contributed by atoms with Crippen molar-refractivity contribution in [3.8, 4) is 6.07 Å². The minimum Gasteiger partial charge on any atom is -0.390 e. The molecular formula is C23H16F6N2O3. The SMILES string of the molecule is N#Cc1ccc(C(F)(F)F)cc1NC(=O)C12CC1(c1cccc(C(F)(F)F)c1)C1OC2CC1O. The Balaban J connectivity index is 1.55. The van der Waals surface area contributed by atoms with Crippen molar-refractivity contribution in [2.75, 3.05) is 5.32 Å². The number of amides is 1. The molecular weight excluding hydrogens is 466 g/mol. The van der Waals surface area contributed by atoms with Crippen LogP contribution in [0.1, 0.15) is 35.1 Å². The van der Waals surface area contributed by atoms with Crippen molar-refractivity contribution in [1.82, 2.24) is 0 Å². The fraction of sp³-hybridized carbons (Fsp3) is 0.391. The van der Waals surface area contributed by atoms with Crippen molar-refractivity contribution in [3.63, 3.8) is 0 Å². The maximum atomic E-state index is 13.5. The Morgan fingerprint density at radius 3 is 2.41 bits per heavy atom. The minimum absolute atomic E-state index is 0.0559. The van der Waals surface area contributed by atoms with E-state index in [1.165, 1.54) is 12.1 Å². The van der Waals surface area contributed by atoms with Crippen LogP contribution in [0.15, 0.2) is 42.5 Å². The predicted molar refractivity (Wildman–Crippen MR) is 104 cm³/mol. The summed E-state index contributed by atoms with van der Waals surface area (Å²) in [6, 6.07) is 8.44. The summed E-state index contributed by atoms with van der Waals surface area (Å²) in [5, 5.41) is 22.1. The Kier molecular flexibility index (Phi) is 4.64. The first-order valence-electron chi connectivity index (χ1n) is 10.3. The molecule has 34 heavy (non-hydrogen) atoms. The average molecular weight is 482 g/mol. The monoisotopic (exact) mass is 482 g/mol. The molecule has 2 N–H and O–H groups in total. The molecule has 5 unspecified atom stereocenters. The van der Waals surface area contributed by atoms with E-state index in [9.17, 15) is 41.5 Å². The van der Waals surface area contributed by atoms with Crippen molar-refractivity contribution >= 4 is 11.6 Å². The first kappa shape index (κ1) is 22.7. The van der Waals surface area contributed by atoms with Gasteiger partial charge in [-0.25, -0.2) is 0 Å². The largest absolute Gasteiger partial charge is 0.416 e. The van der Waals surface area contributed by atoms with Crippen molar-refractivity contribution in [1.29, 1.82) is 5.26 Å². The van der Waals surface area contributed by atoms with Crippen molar-refractivity contribution < 1.29 is 41.0 Å².